The number of hydrogen-bond donors (Lipinski definition) is 3. The number of hydrogen-bond acceptors (Lipinski definition) is 6. The van der Waals surface area contributed by atoms with Crippen molar-refractivity contribution in [3.8, 4) is 29.1 Å². The van der Waals surface area contributed by atoms with Crippen LogP contribution >= 0.6 is 0 Å². The average Bonchev–Trinajstić information content (AvgIpc) is 3.41. The minimum atomic E-state index is -1.52. The second kappa shape index (κ2) is 8.89. The molecular weight excluding hydrogens is 494 g/mol. The van der Waals surface area contributed by atoms with Gasteiger partial charge < -0.3 is 25.3 Å². The Balaban J connectivity index is 1.54. The van der Waals surface area contributed by atoms with Crippen molar-refractivity contribution in [3.63, 3.8) is 0 Å². The van der Waals surface area contributed by atoms with Crippen molar-refractivity contribution < 1.29 is 28.5 Å². The molecule has 196 valence electrons. The first-order valence-corrected chi connectivity index (χ1v) is 12.6. The molecule has 2 saturated carbocycles. The molecule has 0 radical (unpaired) electrons. The van der Waals surface area contributed by atoms with E-state index in [1.165, 1.54) is 13.2 Å². The monoisotopic (exact) mass is 520 g/mol. The van der Waals surface area contributed by atoms with E-state index in [1.54, 1.807) is 10.6 Å². The van der Waals surface area contributed by atoms with Crippen LogP contribution in [0.4, 0.5) is 8.78 Å². The predicted octanol–water partition coefficient (Wildman–Crippen LogP) is 3.50. The van der Waals surface area contributed by atoms with E-state index in [9.17, 15) is 19.4 Å². The smallest absolute Gasteiger partial charge is 0.269 e. The number of rotatable bonds is 4. The van der Waals surface area contributed by atoms with Crippen LogP contribution in [0.15, 0.2) is 24.4 Å². The molecule has 2 aliphatic carbocycles. The Labute approximate surface area is 217 Å². The molecule has 7 rings (SSSR count). The number of nitrogens with two attached hydrogens (primary N) is 1. The third-order valence-electron chi connectivity index (χ3n) is 7.93. The van der Waals surface area contributed by atoms with Crippen molar-refractivity contribution in [1.29, 1.82) is 0 Å². The molecular formula is C28H26F2N4O4. The Morgan fingerprint density at radius 1 is 1.26 bits per heavy atom. The summed E-state index contributed by atoms with van der Waals surface area (Å²) in [5.41, 5.74) is 5.92. The highest BCUT2D eigenvalue weighted by Gasteiger charge is 2.43. The van der Waals surface area contributed by atoms with Crippen LogP contribution in [0.3, 0.4) is 0 Å². The molecule has 1 aromatic carbocycles. The van der Waals surface area contributed by atoms with E-state index < -0.39 is 29.2 Å². The maximum Gasteiger partial charge on any atom is 0.269 e. The molecule has 2 aromatic heterocycles. The summed E-state index contributed by atoms with van der Waals surface area (Å²) in [5.74, 6) is 4.01. The third-order valence-corrected chi connectivity index (χ3v) is 7.93. The fourth-order valence-electron chi connectivity index (χ4n) is 5.94. The van der Waals surface area contributed by atoms with Crippen LogP contribution in [-0.4, -0.2) is 43.4 Å². The lowest BCUT2D eigenvalue weighted by Crippen LogP contribution is -2.27. The largest absolute Gasteiger partial charge is 0.481 e. The number of methoxy groups -OCH3 is 1. The molecule has 1 unspecified atom stereocenters. The minimum Gasteiger partial charge on any atom is -0.481 e. The Kier molecular flexibility index (Phi) is 5.74. The first kappa shape index (κ1) is 24.5. The van der Waals surface area contributed by atoms with Gasteiger partial charge in [-0.3, -0.25) is 4.79 Å². The highest BCUT2D eigenvalue weighted by Crippen LogP contribution is 2.54. The first-order valence-electron chi connectivity index (χ1n) is 12.6. The van der Waals surface area contributed by atoms with Crippen molar-refractivity contribution in [2.24, 2.45) is 5.73 Å². The second-order valence-electron chi connectivity index (χ2n) is 10.3. The van der Waals surface area contributed by atoms with Gasteiger partial charge in [0.05, 0.1) is 30.1 Å². The van der Waals surface area contributed by atoms with Gasteiger partial charge in [0.25, 0.3) is 5.91 Å². The minimum absolute atomic E-state index is 0.00476. The number of pyridine rings is 1. The van der Waals surface area contributed by atoms with Crippen LogP contribution in [-0.2, 0) is 0 Å². The van der Waals surface area contributed by atoms with E-state index in [4.69, 9.17) is 10.5 Å². The highest BCUT2D eigenvalue weighted by atomic mass is 19.1. The number of carbonyl (C=O) groups is 1. The summed E-state index contributed by atoms with van der Waals surface area (Å²) in [6.45, 7) is 0. The number of amides is 1. The summed E-state index contributed by atoms with van der Waals surface area (Å²) in [7, 11) is 1.34. The molecule has 10 heteroatoms. The van der Waals surface area contributed by atoms with Crippen LogP contribution in [0.2, 0.25) is 0 Å². The van der Waals surface area contributed by atoms with E-state index >= 15 is 4.39 Å². The summed E-state index contributed by atoms with van der Waals surface area (Å²) in [5, 5.41) is 22.1. The van der Waals surface area contributed by atoms with Gasteiger partial charge in [-0.1, -0.05) is 11.8 Å². The normalized spacial score (nSPS) is 21.3. The number of halogens is 2. The Morgan fingerprint density at radius 2 is 2.00 bits per heavy atom. The number of aliphatic hydroxyl groups is 2. The van der Waals surface area contributed by atoms with E-state index in [-0.39, 0.29) is 40.4 Å². The van der Waals surface area contributed by atoms with Crippen molar-refractivity contribution >= 4 is 5.91 Å². The summed E-state index contributed by atoms with van der Waals surface area (Å²) < 4.78 is 36.3. The lowest BCUT2D eigenvalue weighted by Gasteiger charge is -2.36. The first-order chi connectivity index (χ1) is 18.2. The van der Waals surface area contributed by atoms with Crippen molar-refractivity contribution in [1.82, 2.24) is 14.5 Å². The van der Waals surface area contributed by atoms with Crippen LogP contribution in [0.1, 0.15) is 89.5 Å². The molecule has 1 atom stereocenters. The maximum absolute atomic E-state index is 15.2. The molecule has 2 fully saturated rings. The Hall–Kier alpha value is -3.81. The molecule has 8 nitrogen and oxygen atoms in total. The Bertz CT molecular complexity index is 1530. The number of imidazole rings is 1. The zero-order chi connectivity index (χ0) is 26.8. The quantitative estimate of drug-likeness (QED) is 0.453. The predicted molar refractivity (Wildman–Crippen MR) is 132 cm³/mol. The molecule has 2 bridgehead atoms. The van der Waals surface area contributed by atoms with Gasteiger partial charge in [0.2, 0.25) is 5.88 Å². The van der Waals surface area contributed by atoms with Gasteiger partial charge in [0, 0.05) is 11.6 Å². The van der Waals surface area contributed by atoms with Gasteiger partial charge in [-0.2, -0.15) is 0 Å². The Morgan fingerprint density at radius 3 is 2.68 bits per heavy atom. The van der Waals surface area contributed by atoms with Gasteiger partial charge in [0.15, 0.2) is 5.69 Å². The lowest BCUT2D eigenvalue weighted by molar-refractivity contribution is 0.0988. The van der Waals surface area contributed by atoms with Gasteiger partial charge in [-0.05, 0) is 68.2 Å². The topological polar surface area (TPSA) is 123 Å². The van der Waals surface area contributed by atoms with Crippen molar-refractivity contribution in [2.75, 3.05) is 7.11 Å². The van der Waals surface area contributed by atoms with Crippen LogP contribution in [0.5, 0.6) is 5.88 Å². The summed E-state index contributed by atoms with van der Waals surface area (Å²) >= 11 is 0. The van der Waals surface area contributed by atoms with E-state index in [2.05, 4.69) is 21.8 Å². The summed E-state index contributed by atoms with van der Waals surface area (Å²) in [6.07, 6.45) is 3.54. The average molecular weight is 521 g/mol. The van der Waals surface area contributed by atoms with Gasteiger partial charge in [-0.15, -0.1) is 0 Å². The number of nitrogens with zero attached hydrogens (tertiary/aromatic N) is 3. The van der Waals surface area contributed by atoms with Gasteiger partial charge in [0.1, 0.15) is 29.2 Å². The molecule has 38 heavy (non-hydrogen) atoms. The van der Waals surface area contributed by atoms with E-state index in [1.807, 2.05) is 0 Å². The molecule has 1 amide bonds. The number of ether oxygens (including phenoxy) is 1. The molecule has 2 aliphatic heterocycles. The molecule has 0 saturated heterocycles. The van der Waals surface area contributed by atoms with Gasteiger partial charge in [-0.25, -0.2) is 18.7 Å². The summed E-state index contributed by atoms with van der Waals surface area (Å²) in [6, 6.07) is 3.98. The molecule has 0 spiro atoms. The maximum atomic E-state index is 15.2. The van der Waals surface area contributed by atoms with Crippen molar-refractivity contribution in [2.45, 2.75) is 62.2 Å². The molecule has 4 N–H and O–H groups in total. The zero-order valence-electron chi connectivity index (χ0n) is 20.7. The second-order valence-corrected chi connectivity index (χ2v) is 10.3. The molecule has 4 aliphatic rings. The highest BCUT2D eigenvalue weighted by molar-refractivity contribution is 5.93. The van der Waals surface area contributed by atoms with E-state index in [0.717, 1.165) is 30.7 Å². The van der Waals surface area contributed by atoms with Gasteiger partial charge >= 0.3 is 0 Å². The SMILES string of the molecule is COc1ncc(F)cc1C(O)c1c(C(N)=O)nc2n1C1CC(C1)c1cc(F)c(C#CC3(O)CCCC3)cc1-2. The zero-order valence-corrected chi connectivity index (χ0v) is 20.7. The summed E-state index contributed by atoms with van der Waals surface area (Å²) in [4.78, 5) is 21.0. The number of benzene rings is 1. The van der Waals surface area contributed by atoms with Crippen LogP contribution in [0, 0.1) is 23.5 Å². The fourth-order valence-corrected chi connectivity index (χ4v) is 5.94. The molecule has 4 heterocycles. The number of aromatic nitrogens is 3. The number of primary amides is 1. The lowest BCUT2D eigenvalue weighted by atomic mass is 9.75. The number of carbonyl (C=O) groups excluding carboxylic acids is 1. The van der Waals surface area contributed by atoms with E-state index in [0.29, 0.717) is 37.1 Å². The number of aliphatic hydroxyl groups excluding tert-OH is 1. The third kappa shape index (κ3) is 3.85. The van der Waals surface area contributed by atoms with Crippen molar-refractivity contribution in [3.05, 3.63) is 64.1 Å². The molecule has 3 aromatic rings. The van der Waals surface area contributed by atoms with Crippen LogP contribution < -0.4 is 10.5 Å². The standard InChI is InChI=1S/C28H26F2N4O4/c1-38-27-20(11-16(29)13-32-27)24(35)23-22(25(31)36)33-26-19-10-14(4-7-28(37)5-2-3-6-28)21(30)12-18(19)15-8-17(9-15)34(23)26/h10-13,15,17,24,35,37H,2-3,5-6,8-9H2,1H3,(H2,31,36). The van der Waals surface area contributed by atoms with Crippen LogP contribution in [0.25, 0.3) is 11.4 Å². The fraction of sp³-hybridized carbons (Fsp3) is 0.393.